The topological polar surface area (TPSA) is 69.1 Å². The van der Waals surface area contributed by atoms with Gasteiger partial charge in [0.1, 0.15) is 0 Å². The fourth-order valence-electron chi connectivity index (χ4n) is 0.927. The predicted molar refractivity (Wildman–Crippen MR) is 53.1 cm³/mol. The van der Waals surface area contributed by atoms with E-state index < -0.39 is 0 Å². The first kappa shape index (κ1) is 8.93. The summed E-state index contributed by atoms with van der Waals surface area (Å²) in [5.74, 6) is 0. The maximum Gasteiger partial charge on any atom is 0.223 e. The summed E-state index contributed by atoms with van der Waals surface area (Å²) >= 11 is 1.11. The molecule has 64 valence electrons. The van der Waals surface area contributed by atoms with Gasteiger partial charge < -0.3 is 11.5 Å². The zero-order valence-electron chi connectivity index (χ0n) is 6.70. The van der Waals surface area contributed by atoms with Gasteiger partial charge in [0.25, 0.3) is 0 Å². The molecule has 0 aromatic heterocycles. The number of carbonyl (C=O) groups excluding carboxylic acids is 1. The second kappa shape index (κ2) is 3.49. The number of nitrogens with two attached hydrogens (primary N) is 2. The van der Waals surface area contributed by atoms with E-state index in [-0.39, 0.29) is 5.12 Å². The molecule has 0 unspecified atom stereocenters. The Morgan fingerprint density at radius 2 is 1.83 bits per heavy atom. The number of hydrogen-bond acceptors (Lipinski definition) is 4. The maximum atomic E-state index is 11.3. The highest BCUT2D eigenvalue weighted by atomic mass is 32.2. The molecule has 0 radical (unpaired) electrons. The van der Waals surface area contributed by atoms with Crippen molar-refractivity contribution in [1.82, 2.24) is 0 Å². The highest BCUT2D eigenvalue weighted by Crippen LogP contribution is 2.22. The lowest BCUT2D eigenvalue weighted by Gasteiger charge is -2.04. The zero-order valence-corrected chi connectivity index (χ0v) is 7.52. The van der Waals surface area contributed by atoms with Crippen LogP contribution in [0.1, 0.15) is 10.4 Å². The van der Waals surface area contributed by atoms with Gasteiger partial charge in [0.15, 0.2) is 0 Å². The third-order valence-electron chi connectivity index (χ3n) is 1.52. The van der Waals surface area contributed by atoms with E-state index in [0.29, 0.717) is 16.9 Å². The standard InChI is InChI=1S/C8H10N2OS/c1-12-8(11)7-5(9)3-2-4-6(7)10/h2-4H,9-10H2,1H3. The number of anilines is 2. The summed E-state index contributed by atoms with van der Waals surface area (Å²) in [5, 5.41) is -0.0920. The van der Waals surface area contributed by atoms with E-state index in [1.165, 1.54) is 0 Å². The first-order valence-electron chi connectivity index (χ1n) is 3.39. The Kier molecular flexibility index (Phi) is 2.60. The van der Waals surface area contributed by atoms with Crippen LogP contribution in [0.4, 0.5) is 11.4 Å². The largest absolute Gasteiger partial charge is 0.398 e. The van der Waals surface area contributed by atoms with E-state index in [9.17, 15) is 4.79 Å². The van der Waals surface area contributed by atoms with Crippen molar-refractivity contribution in [2.75, 3.05) is 17.7 Å². The fraction of sp³-hybridized carbons (Fsp3) is 0.125. The number of carbonyl (C=O) groups is 1. The summed E-state index contributed by atoms with van der Waals surface area (Å²) in [6, 6.07) is 5.06. The molecule has 12 heavy (non-hydrogen) atoms. The molecule has 0 aliphatic heterocycles. The Labute approximate surface area is 75.1 Å². The van der Waals surface area contributed by atoms with Crippen molar-refractivity contribution in [2.24, 2.45) is 0 Å². The molecule has 0 bridgehead atoms. The zero-order chi connectivity index (χ0) is 9.14. The molecule has 1 aromatic carbocycles. The number of rotatable bonds is 1. The minimum atomic E-state index is -0.0920. The Morgan fingerprint density at radius 1 is 1.33 bits per heavy atom. The number of hydrogen-bond donors (Lipinski definition) is 2. The molecule has 0 spiro atoms. The average Bonchev–Trinajstić information content (AvgIpc) is 2.03. The first-order valence-corrected chi connectivity index (χ1v) is 4.61. The lowest BCUT2D eigenvalue weighted by atomic mass is 10.1. The maximum absolute atomic E-state index is 11.3. The molecule has 0 aliphatic carbocycles. The van der Waals surface area contributed by atoms with Gasteiger partial charge in [0.05, 0.1) is 5.56 Å². The van der Waals surface area contributed by atoms with Gasteiger partial charge in [-0.05, 0) is 18.4 Å². The smallest absolute Gasteiger partial charge is 0.223 e. The Morgan fingerprint density at radius 3 is 2.25 bits per heavy atom. The van der Waals surface area contributed by atoms with Crippen LogP contribution in [0.5, 0.6) is 0 Å². The molecular formula is C8H10N2OS. The van der Waals surface area contributed by atoms with Gasteiger partial charge in [-0.1, -0.05) is 17.8 Å². The summed E-state index contributed by atoms with van der Waals surface area (Å²) < 4.78 is 0. The quantitative estimate of drug-likeness (QED) is 0.643. The summed E-state index contributed by atoms with van der Waals surface area (Å²) in [5.41, 5.74) is 12.5. The third kappa shape index (κ3) is 1.53. The van der Waals surface area contributed by atoms with Gasteiger partial charge in [-0.15, -0.1) is 0 Å². The molecule has 0 amide bonds. The van der Waals surface area contributed by atoms with E-state index >= 15 is 0 Å². The lowest BCUT2D eigenvalue weighted by molar-refractivity contribution is 0.109. The Balaban J connectivity index is 3.21. The van der Waals surface area contributed by atoms with Crippen LogP contribution in [0.2, 0.25) is 0 Å². The Hall–Kier alpha value is -1.16. The van der Waals surface area contributed by atoms with Crippen LogP contribution >= 0.6 is 11.8 Å². The van der Waals surface area contributed by atoms with Gasteiger partial charge in [-0.2, -0.15) is 0 Å². The summed E-state index contributed by atoms with van der Waals surface area (Å²) in [4.78, 5) is 11.3. The van der Waals surface area contributed by atoms with Crippen LogP contribution in [0.3, 0.4) is 0 Å². The van der Waals surface area contributed by atoms with Gasteiger partial charge >= 0.3 is 0 Å². The van der Waals surface area contributed by atoms with Crippen molar-refractivity contribution in [1.29, 1.82) is 0 Å². The monoisotopic (exact) mass is 182 g/mol. The summed E-state index contributed by atoms with van der Waals surface area (Å²) in [7, 11) is 0. The molecule has 0 aliphatic rings. The molecule has 3 nitrogen and oxygen atoms in total. The summed E-state index contributed by atoms with van der Waals surface area (Å²) in [6.45, 7) is 0. The molecule has 0 saturated heterocycles. The van der Waals surface area contributed by atoms with Gasteiger partial charge in [0, 0.05) is 11.4 Å². The highest BCUT2D eigenvalue weighted by molar-refractivity contribution is 8.13. The molecule has 0 atom stereocenters. The SMILES string of the molecule is CSC(=O)c1c(N)cccc1N. The third-order valence-corrected chi connectivity index (χ3v) is 2.09. The van der Waals surface area contributed by atoms with E-state index in [1.54, 1.807) is 24.5 Å². The molecular weight excluding hydrogens is 172 g/mol. The second-order valence-corrected chi connectivity index (χ2v) is 3.08. The minimum absolute atomic E-state index is 0.0920. The minimum Gasteiger partial charge on any atom is -0.398 e. The fourth-order valence-corrected chi connectivity index (χ4v) is 1.37. The van der Waals surface area contributed by atoms with Crippen LogP contribution in [-0.4, -0.2) is 11.4 Å². The number of thioether (sulfide) groups is 1. The predicted octanol–water partition coefficient (Wildman–Crippen LogP) is 1.35. The van der Waals surface area contributed by atoms with Crippen molar-refractivity contribution < 1.29 is 4.79 Å². The molecule has 1 aromatic rings. The van der Waals surface area contributed by atoms with Crippen molar-refractivity contribution in [3.05, 3.63) is 23.8 Å². The van der Waals surface area contributed by atoms with Gasteiger partial charge in [-0.25, -0.2) is 0 Å². The number of benzene rings is 1. The van der Waals surface area contributed by atoms with Crippen LogP contribution in [0, 0.1) is 0 Å². The normalized spacial score (nSPS) is 9.75. The molecule has 4 N–H and O–H groups in total. The molecule has 0 fully saturated rings. The molecule has 4 heteroatoms. The number of nitrogen functional groups attached to an aromatic ring is 2. The van der Waals surface area contributed by atoms with E-state index in [0.717, 1.165) is 11.8 Å². The van der Waals surface area contributed by atoms with Crippen molar-refractivity contribution in [3.63, 3.8) is 0 Å². The van der Waals surface area contributed by atoms with Crippen molar-refractivity contribution in [3.8, 4) is 0 Å². The van der Waals surface area contributed by atoms with Gasteiger partial charge in [-0.3, -0.25) is 4.79 Å². The van der Waals surface area contributed by atoms with Crippen LogP contribution < -0.4 is 11.5 Å². The van der Waals surface area contributed by atoms with E-state index in [2.05, 4.69) is 0 Å². The van der Waals surface area contributed by atoms with Crippen LogP contribution in [0.25, 0.3) is 0 Å². The molecule has 0 saturated carbocycles. The summed E-state index contributed by atoms with van der Waals surface area (Å²) in [6.07, 6.45) is 1.70. The average molecular weight is 182 g/mol. The van der Waals surface area contributed by atoms with Crippen molar-refractivity contribution >= 4 is 28.3 Å². The molecule has 0 heterocycles. The lowest BCUT2D eigenvalue weighted by Crippen LogP contribution is -2.03. The van der Waals surface area contributed by atoms with E-state index in [4.69, 9.17) is 11.5 Å². The van der Waals surface area contributed by atoms with Gasteiger partial charge in [0.2, 0.25) is 5.12 Å². The van der Waals surface area contributed by atoms with Crippen molar-refractivity contribution in [2.45, 2.75) is 0 Å². The van der Waals surface area contributed by atoms with Crippen LogP contribution in [-0.2, 0) is 0 Å². The van der Waals surface area contributed by atoms with Crippen LogP contribution in [0.15, 0.2) is 18.2 Å². The Bertz CT molecular complexity index is 292. The highest BCUT2D eigenvalue weighted by Gasteiger charge is 2.10. The second-order valence-electron chi connectivity index (χ2n) is 2.30. The first-order chi connectivity index (χ1) is 5.66. The molecule has 1 rings (SSSR count). The van der Waals surface area contributed by atoms with E-state index in [1.807, 2.05) is 0 Å².